The number of hydrogen-bond acceptors (Lipinski definition) is 4. The molecule has 6 heteroatoms. The summed E-state index contributed by atoms with van der Waals surface area (Å²) in [7, 11) is 1.68. The van der Waals surface area contributed by atoms with Gasteiger partial charge >= 0.3 is 5.97 Å². The predicted octanol–water partition coefficient (Wildman–Crippen LogP) is 1.34. The van der Waals surface area contributed by atoms with E-state index in [2.05, 4.69) is 4.98 Å². The number of aliphatic carboxylic acids is 1. The quantitative estimate of drug-likeness (QED) is 0.794. The third kappa shape index (κ3) is 4.72. The molecule has 108 valence electrons. The first-order valence-corrected chi connectivity index (χ1v) is 6.19. The second-order valence-electron chi connectivity index (χ2n) is 4.20. The molecule has 20 heavy (non-hydrogen) atoms. The standard InChI is InChI=1S/C14H18N2O4/c1-4-16(3)13(17)9-20-12-7-5-10(2)15-11(12)6-8-14(18)19/h5-8H,4,9H2,1-3H3,(H,18,19). The van der Waals surface area contributed by atoms with Crippen LogP contribution < -0.4 is 4.74 Å². The van der Waals surface area contributed by atoms with Gasteiger partial charge in [-0.05, 0) is 32.1 Å². The van der Waals surface area contributed by atoms with Gasteiger partial charge in [-0.1, -0.05) is 0 Å². The molecule has 0 aliphatic rings. The molecule has 0 fully saturated rings. The fraction of sp³-hybridized carbons (Fsp3) is 0.357. The van der Waals surface area contributed by atoms with Crippen molar-refractivity contribution in [2.45, 2.75) is 13.8 Å². The average Bonchev–Trinajstić information content (AvgIpc) is 2.42. The molecule has 0 unspecified atom stereocenters. The van der Waals surface area contributed by atoms with Crippen molar-refractivity contribution in [3.63, 3.8) is 0 Å². The lowest BCUT2D eigenvalue weighted by Gasteiger charge is -2.15. The fourth-order valence-corrected chi connectivity index (χ4v) is 1.38. The van der Waals surface area contributed by atoms with Gasteiger partial charge in [0.05, 0.1) is 0 Å². The van der Waals surface area contributed by atoms with E-state index in [4.69, 9.17) is 9.84 Å². The molecular formula is C14H18N2O4. The van der Waals surface area contributed by atoms with Gasteiger partial charge < -0.3 is 14.7 Å². The van der Waals surface area contributed by atoms with Gasteiger partial charge in [-0.2, -0.15) is 0 Å². The predicted molar refractivity (Wildman–Crippen MR) is 74.4 cm³/mol. The van der Waals surface area contributed by atoms with Gasteiger partial charge in [0.15, 0.2) is 6.61 Å². The Kier molecular flexibility index (Phi) is 5.71. The van der Waals surface area contributed by atoms with Crippen molar-refractivity contribution < 1.29 is 19.4 Å². The van der Waals surface area contributed by atoms with Gasteiger partial charge in [-0.3, -0.25) is 4.79 Å². The number of hydrogen-bond donors (Lipinski definition) is 1. The van der Waals surface area contributed by atoms with Crippen LogP contribution in [0.4, 0.5) is 0 Å². The van der Waals surface area contributed by atoms with Crippen LogP contribution in [0.2, 0.25) is 0 Å². The van der Waals surface area contributed by atoms with E-state index in [1.165, 1.54) is 11.0 Å². The highest BCUT2D eigenvalue weighted by Crippen LogP contribution is 2.18. The smallest absolute Gasteiger partial charge is 0.328 e. The Morgan fingerprint density at radius 2 is 2.15 bits per heavy atom. The fourth-order valence-electron chi connectivity index (χ4n) is 1.38. The Morgan fingerprint density at radius 1 is 1.45 bits per heavy atom. The van der Waals surface area contributed by atoms with Gasteiger partial charge in [-0.25, -0.2) is 9.78 Å². The maximum absolute atomic E-state index is 11.7. The summed E-state index contributed by atoms with van der Waals surface area (Å²) in [5, 5.41) is 8.64. The number of nitrogens with zero attached hydrogens (tertiary/aromatic N) is 2. The van der Waals surface area contributed by atoms with Gasteiger partial charge in [-0.15, -0.1) is 0 Å². The normalized spacial score (nSPS) is 10.6. The van der Waals surface area contributed by atoms with E-state index in [0.717, 1.165) is 11.8 Å². The lowest BCUT2D eigenvalue weighted by Crippen LogP contribution is -2.31. The number of pyridine rings is 1. The summed E-state index contributed by atoms with van der Waals surface area (Å²) in [6.45, 7) is 4.15. The first kappa shape index (κ1) is 15.7. The van der Waals surface area contributed by atoms with Gasteiger partial charge in [0.1, 0.15) is 11.4 Å². The van der Waals surface area contributed by atoms with Gasteiger partial charge in [0.2, 0.25) is 0 Å². The SMILES string of the molecule is CCN(C)C(=O)COc1ccc(C)nc1C=CC(=O)O. The van der Waals surface area contributed by atoms with E-state index in [9.17, 15) is 9.59 Å². The second-order valence-corrected chi connectivity index (χ2v) is 4.20. The van der Waals surface area contributed by atoms with Crippen LogP contribution in [0.3, 0.4) is 0 Å². The lowest BCUT2D eigenvalue weighted by molar-refractivity contribution is -0.132. The summed E-state index contributed by atoms with van der Waals surface area (Å²) in [5.41, 5.74) is 1.12. The van der Waals surface area contributed by atoms with E-state index in [1.54, 1.807) is 26.1 Å². The number of rotatable bonds is 6. The number of ether oxygens (including phenoxy) is 1. The van der Waals surface area contributed by atoms with Crippen LogP contribution in [-0.4, -0.2) is 47.1 Å². The molecule has 1 amide bonds. The Morgan fingerprint density at radius 3 is 2.75 bits per heavy atom. The Balaban J connectivity index is 2.84. The highest BCUT2D eigenvalue weighted by molar-refractivity contribution is 5.85. The van der Waals surface area contributed by atoms with E-state index >= 15 is 0 Å². The monoisotopic (exact) mass is 278 g/mol. The van der Waals surface area contributed by atoms with Crippen molar-refractivity contribution in [1.29, 1.82) is 0 Å². The maximum Gasteiger partial charge on any atom is 0.328 e. The molecule has 0 aliphatic carbocycles. The van der Waals surface area contributed by atoms with Crippen LogP contribution in [0.15, 0.2) is 18.2 Å². The average molecular weight is 278 g/mol. The topological polar surface area (TPSA) is 79.7 Å². The molecule has 6 nitrogen and oxygen atoms in total. The number of aryl methyl sites for hydroxylation is 1. The molecule has 0 bridgehead atoms. The number of carboxylic acids is 1. The number of aromatic nitrogens is 1. The summed E-state index contributed by atoms with van der Waals surface area (Å²) in [5.74, 6) is -0.840. The summed E-state index contributed by atoms with van der Waals surface area (Å²) >= 11 is 0. The number of carboxylic acid groups (broad SMARTS) is 1. The zero-order valence-corrected chi connectivity index (χ0v) is 11.8. The summed E-state index contributed by atoms with van der Waals surface area (Å²) in [4.78, 5) is 27.9. The van der Waals surface area contributed by atoms with Crippen molar-refractivity contribution in [2.24, 2.45) is 0 Å². The van der Waals surface area contributed by atoms with Gasteiger partial charge in [0.25, 0.3) is 5.91 Å². The first-order chi connectivity index (χ1) is 9.43. The molecule has 0 saturated heterocycles. The third-order valence-corrected chi connectivity index (χ3v) is 2.66. The maximum atomic E-state index is 11.7. The molecule has 0 spiro atoms. The van der Waals surface area contributed by atoms with Crippen LogP contribution in [0.25, 0.3) is 6.08 Å². The number of carbonyl (C=O) groups is 2. The molecule has 1 aromatic heterocycles. The van der Waals surface area contributed by atoms with Crippen molar-refractivity contribution >= 4 is 18.0 Å². The van der Waals surface area contributed by atoms with Crippen LogP contribution in [0.1, 0.15) is 18.3 Å². The largest absolute Gasteiger partial charge is 0.482 e. The van der Waals surface area contributed by atoms with Crippen molar-refractivity contribution in [2.75, 3.05) is 20.2 Å². The van der Waals surface area contributed by atoms with Crippen LogP contribution >= 0.6 is 0 Å². The zero-order chi connectivity index (χ0) is 15.1. The summed E-state index contributed by atoms with van der Waals surface area (Å²) < 4.78 is 5.41. The Labute approximate surface area is 117 Å². The Hall–Kier alpha value is -2.37. The van der Waals surface area contributed by atoms with E-state index in [1.807, 2.05) is 6.92 Å². The Bertz CT molecular complexity index is 526. The van der Waals surface area contributed by atoms with Crippen LogP contribution in [0.5, 0.6) is 5.75 Å². The first-order valence-electron chi connectivity index (χ1n) is 6.19. The molecule has 1 N–H and O–H groups in total. The molecule has 0 radical (unpaired) electrons. The number of carbonyl (C=O) groups excluding carboxylic acids is 1. The summed E-state index contributed by atoms with van der Waals surface area (Å²) in [6, 6.07) is 3.41. The van der Waals surface area contributed by atoms with Crippen molar-refractivity contribution in [3.05, 3.63) is 29.6 Å². The van der Waals surface area contributed by atoms with Crippen molar-refractivity contribution in [3.8, 4) is 5.75 Å². The molecule has 1 rings (SSSR count). The van der Waals surface area contributed by atoms with Crippen LogP contribution in [0, 0.1) is 6.92 Å². The number of amides is 1. The van der Waals surface area contributed by atoms with Crippen LogP contribution in [-0.2, 0) is 9.59 Å². The minimum atomic E-state index is -1.07. The molecule has 1 heterocycles. The minimum Gasteiger partial charge on any atom is -0.482 e. The number of likely N-dealkylation sites (N-methyl/N-ethyl adjacent to an activating group) is 1. The van der Waals surface area contributed by atoms with Gasteiger partial charge in [0, 0.05) is 25.4 Å². The second kappa shape index (κ2) is 7.28. The van der Waals surface area contributed by atoms with Crippen molar-refractivity contribution in [1.82, 2.24) is 9.88 Å². The summed E-state index contributed by atoms with van der Waals surface area (Å²) in [6.07, 6.45) is 2.33. The highest BCUT2D eigenvalue weighted by Gasteiger charge is 2.10. The molecule has 0 aliphatic heterocycles. The zero-order valence-electron chi connectivity index (χ0n) is 11.8. The molecule has 1 aromatic rings. The molecular weight excluding hydrogens is 260 g/mol. The van der Waals surface area contributed by atoms with E-state index in [0.29, 0.717) is 18.0 Å². The van der Waals surface area contributed by atoms with E-state index in [-0.39, 0.29) is 12.5 Å². The lowest BCUT2D eigenvalue weighted by atomic mass is 10.2. The molecule has 0 atom stereocenters. The third-order valence-electron chi connectivity index (χ3n) is 2.66. The minimum absolute atomic E-state index is 0.108. The molecule has 0 aromatic carbocycles. The van der Waals surface area contributed by atoms with E-state index < -0.39 is 5.97 Å². The molecule has 0 saturated carbocycles. The highest BCUT2D eigenvalue weighted by atomic mass is 16.5.